The minimum Gasteiger partial charge on any atom is -0.350 e. The van der Waals surface area contributed by atoms with Crippen molar-refractivity contribution >= 4 is 5.91 Å². The lowest BCUT2D eigenvalue weighted by atomic mass is 9.85. The van der Waals surface area contributed by atoms with Crippen molar-refractivity contribution in [3.8, 4) is 0 Å². The minimum absolute atomic E-state index is 0.195. The molecule has 0 unspecified atom stereocenters. The van der Waals surface area contributed by atoms with Gasteiger partial charge in [0.15, 0.2) is 0 Å². The average Bonchev–Trinajstić information content (AvgIpc) is 2.87. The van der Waals surface area contributed by atoms with Crippen molar-refractivity contribution < 1.29 is 4.79 Å². The second-order valence-electron chi connectivity index (χ2n) is 8.19. The molecule has 2 aliphatic rings. The molecule has 1 aliphatic carbocycles. The summed E-state index contributed by atoms with van der Waals surface area (Å²) >= 11 is 0. The Bertz CT molecular complexity index is 822. The summed E-state index contributed by atoms with van der Waals surface area (Å²) in [4.78, 5) is 14.6. The topological polar surface area (TPSA) is 50.2 Å². The van der Waals surface area contributed by atoms with Gasteiger partial charge in [-0.3, -0.25) is 14.4 Å². The molecule has 2 heterocycles. The highest BCUT2D eigenvalue weighted by molar-refractivity contribution is 5.79. The molecule has 0 bridgehead atoms. The molecule has 2 aromatic rings. The van der Waals surface area contributed by atoms with Crippen LogP contribution in [-0.2, 0) is 31.0 Å². The number of aromatic nitrogens is 2. The molecule has 144 valence electrons. The van der Waals surface area contributed by atoms with Gasteiger partial charge in [-0.2, -0.15) is 5.10 Å². The first-order valence-electron chi connectivity index (χ1n) is 10.2. The van der Waals surface area contributed by atoms with Gasteiger partial charge >= 0.3 is 0 Å². The number of carbonyl (C=O) groups excluding carboxylic acids is 1. The lowest BCUT2D eigenvalue weighted by molar-refractivity contribution is -0.127. The highest BCUT2D eigenvalue weighted by Gasteiger charge is 2.25. The van der Waals surface area contributed by atoms with Crippen LogP contribution in [0.5, 0.6) is 0 Å². The Balaban J connectivity index is 1.40. The molecule has 1 aliphatic heterocycles. The summed E-state index contributed by atoms with van der Waals surface area (Å²) in [5.41, 5.74) is 6.32. The monoisotopic (exact) mass is 366 g/mol. The van der Waals surface area contributed by atoms with Crippen LogP contribution < -0.4 is 5.32 Å². The third-order valence-corrected chi connectivity index (χ3v) is 5.96. The number of hydrogen-bond acceptors (Lipinski definition) is 3. The van der Waals surface area contributed by atoms with Gasteiger partial charge in [-0.05, 0) is 50.3 Å². The first-order valence-corrected chi connectivity index (χ1v) is 10.2. The van der Waals surface area contributed by atoms with E-state index in [9.17, 15) is 4.79 Å². The standard InChI is InChI=1S/C22H30N4O/c1-16-7-8-17(2)19(11-16)14-25-9-4-10-26-21(15-25)12-20(24-26)13-23-22(27)18-5-3-6-18/h7-8,11-12,18H,3-6,9-10,13-15H2,1-2H3,(H,23,27). The predicted octanol–water partition coefficient (Wildman–Crippen LogP) is 3.32. The van der Waals surface area contributed by atoms with Crippen LogP contribution in [0.4, 0.5) is 0 Å². The molecule has 1 fully saturated rings. The summed E-state index contributed by atoms with van der Waals surface area (Å²) < 4.78 is 2.13. The fraction of sp³-hybridized carbons (Fsp3) is 0.545. The molecule has 1 N–H and O–H groups in total. The van der Waals surface area contributed by atoms with Crippen molar-refractivity contribution in [3.05, 3.63) is 52.3 Å². The summed E-state index contributed by atoms with van der Waals surface area (Å²) in [6.45, 7) is 8.83. The Morgan fingerprint density at radius 1 is 1.19 bits per heavy atom. The number of rotatable bonds is 5. The fourth-order valence-corrected chi connectivity index (χ4v) is 4.01. The Labute approximate surface area is 161 Å². The first kappa shape index (κ1) is 18.2. The molecule has 4 rings (SSSR count). The van der Waals surface area contributed by atoms with E-state index in [1.807, 2.05) is 0 Å². The Hall–Kier alpha value is -2.14. The summed E-state index contributed by atoms with van der Waals surface area (Å²) in [5.74, 6) is 0.430. The molecule has 5 nitrogen and oxygen atoms in total. The third-order valence-electron chi connectivity index (χ3n) is 5.96. The lowest BCUT2D eigenvalue weighted by Gasteiger charge is -2.23. The maximum Gasteiger partial charge on any atom is 0.223 e. The number of hydrogen-bond donors (Lipinski definition) is 1. The van der Waals surface area contributed by atoms with Gasteiger partial charge in [0.25, 0.3) is 0 Å². The normalized spacial score (nSPS) is 17.9. The van der Waals surface area contributed by atoms with E-state index in [4.69, 9.17) is 5.10 Å². The van der Waals surface area contributed by atoms with Crippen molar-refractivity contribution in [1.29, 1.82) is 0 Å². The molecular weight excluding hydrogens is 336 g/mol. The highest BCUT2D eigenvalue weighted by atomic mass is 16.1. The number of carbonyl (C=O) groups is 1. The molecule has 1 amide bonds. The summed E-state index contributed by atoms with van der Waals surface area (Å²) in [5, 5.41) is 7.80. The molecule has 0 spiro atoms. The zero-order chi connectivity index (χ0) is 18.8. The van der Waals surface area contributed by atoms with Crippen LogP contribution in [-0.4, -0.2) is 27.1 Å². The number of fused-ring (bicyclic) bond motifs is 1. The van der Waals surface area contributed by atoms with E-state index in [-0.39, 0.29) is 11.8 Å². The number of nitrogens with zero attached hydrogens (tertiary/aromatic N) is 3. The van der Waals surface area contributed by atoms with Crippen molar-refractivity contribution in [3.63, 3.8) is 0 Å². The zero-order valence-electron chi connectivity index (χ0n) is 16.5. The number of aryl methyl sites for hydroxylation is 3. The van der Waals surface area contributed by atoms with Crippen LogP contribution in [0.15, 0.2) is 24.3 Å². The maximum atomic E-state index is 12.1. The third kappa shape index (κ3) is 4.24. The number of amides is 1. The van der Waals surface area contributed by atoms with Crippen molar-refractivity contribution in [2.45, 2.75) is 65.7 Å². The molecular formula is C22H30N4O. The second-order valence-corrected chi connectivity index (χ2v) is 8.19. The number of nitrogens with one attached hydrogen (secondary N) is 1. The van der Waals surface area contributed by atoms with Crippen LogP contribution >= 0.6 is 0 Å². The Morgan fingerprint density at radius 2 is 2.04 bits per heavy atom. The fourth-order valence-electron chi connectivity index (χ4n) is 4.01. The van der Waals surface area contributed by atoms with Crippen LogP contribution in [0.3, 0.4) is 0 Å². The van der Waals surface area contributed by atoms with E-state index in [1.165, 1.54) is 28.8 Å². The summed E-state index contributed by atoms with van der Waals surface area (Å²) in [6.07, 6.45) is 4.37. The maximum absolute atomic E-state index is 12.1. The quantitative estimate of drug-likeness (QED) is 0.883. The van der Waals surface area contributed by atoms with Crippen LogP contribution in [0.1, 0.15) is 53.8 Å². The van der Waals surface area contributed by atoms with Gasteiger partial charge in [-0.25, -0.2) is 0 Å². The van der Waals surface area contributed by atoms with Gasteiger partial charge in [-0.15, -0.1) is 0 Å². The summed E-state index contributed by atoms with van der Waals surface area (Å²) in [6, 6.07) is 8.87. The molecule has 1 saturated carbocycles. The van der Waals surface area contributed by atoms with Crippen molar-refractivity contribution in [2.75, 3.05) is 6.54 Å². The predicted molar refractivity (Wildman–Crippen MR) is 106 cm³/mol. The molecule has 1 aromatic carbocycles. The van der Waals surface area contributed by atoms with E-state index >= 15 is 0 Å². The van der Waals surface area contributed by atoms with E-state index in [1.54, 1.807) is 0 Å². The van der Waals surface area contributed by atoms with Crippen molar-refractivity contribution in [2.24, 2.45) is 5.92 Å². The van der Waals surface area contributed by atoms with Crippen molar-refractivity contribution in [1.82, 2.24) is 20.0 Å². The van der Waals surface area contributed by atoms with E-state index < -0.39 is 0 Å². The van der Waals surface area contributed by atoms with Crippen LogP contribution in [0.2, 0.25) is 0 Å². The molecule has 27 heavy (non-hydrogen) atoms. The first-order chi connectivity index (χ1) is 13.1. The van der Waals surface area contributed by atoms with E-state index in [0.717, 1.165) is 51.1 Å². The van der Waals surface area contributed by atoms with Crippen LogP contribution in [0, 0.1) is 19.8 Å². The SMILES string of the molecule is Cc1ccc(C)c(CN2CCCn3nc(CNC(=O)C4CCC4)cc3C2)c1. The van der Waals surface area contributed by atoms with Gasteiger partial charge in [0.05, 0.1) is 17.9 Å². The minimum atomic E-state index is 0.195. The highest BCUT2D eigenvalue weighted by Crippen LogP contribution is 2.26. The molecule has 0 radical (unpaired) electrons. The van der Waals surface area contributed by atoms with E-state index in [2.05, 4.69) is 53.0 Å². The van der Waals surface area contributed by atoms with Gasteiger partial charge in [0.2, 0.25) is 5.91 Å². The van der Waals surface area contributed by atoms with Gasteiger partial charge < -0.3 is 5.32 Å². The second kappa shape index (κ2) is 7.85. The Kier molecular flexibility index (Phi) is 5.30. The Morgan fingerprint density at radius 3 is 2.81 bits per heavy atom. The lowest BCUT2D eigenvalue weighted by Crippen LogP contribution is -2.34. The molecule has 0 saturated heterocycles. The average molecular weight is 367 g/mol. The molecule has 1 aromatic heterocycles. The van der Waals surface area contributed by atoms with Crippen LogP contribution in [0.25, 0.3) is 0 Å². The van der Waals surface area contributed by atoms with Gasteiger partial charge in [0.1, 0.15) is 0 Å². The van der Waals surface area contributed by atoms with Gasteiger partial charge in [-0.1, -0.05) is 30.2 Å². The zero-order valence-corrected chi connectivity index (χ0v) is 16.5. The summed E-state index contributed by atoms with van der Waals surface area (Å²) in [7, 11) is 0. The smallest absolute Gasteiger partial charge is 0.223 e. The largest absolute Gasteiger partial charge is 0.350 e. The number of benzene rings is 1. The van der Waals surface area contributed by atoms with Gasteiger partial charge in [0, 0.05) is 32.1 Å². The van der Waals surface area contributed by atoms with E-state index in [0.29, 0.717) is 6.54 Å². The molecule has 5 heteroatoms. The molecule has 0 atom stereocenters.